The highest BCUT2D eigenvalue weighted by Crippen LogP contribution is 2.21. The number of rotatable bonds is 4. The summed E-state index contributed by atoms with van der Waals surface area (Å²) in [5.74, 6) is 0.758. The zero-order chi connectivity index (χ0) is 15.5. The van der Waals surface area contributed by atoms with Crippen LogP contribution in [0.25, 0.3) is 0 Å². The molecule has 0 aromatic rings. The van der Waals surface area contributed by atoms with Gasteiger partial charge >= 0.3 is 0 Å². The maximum Gasteiger partial charge on any atom is 0.173 e. The summed E-state index contributed by atoms with van der Waals surface area (Å²) in [6, 6.07) is 1.02. The van der Waals surface area contributed by atoms with Gasteiger partial charge in [0.25, 0.3) is 0 Å². The minimum Gasteiger partial charge on any atom is -0.384 e. The Kier molecular flexibility index (Phi) is 4.92. The Hall–Kier alpha value is -1.22. The molecule has 3 aliphatic rings. The molecule has 0 bridgehead atoms. The van der Waals surface area contributed by atoms with Crippen LogP contribution in [0.3, 0.4) is 0 Å². The lowest BCUT2D eigenvalue weighted by molar-refractivity contribution is 0.298. The molecule has 22 heavy (non-hydrogen) atoms. The summed E-state index contributed by atoms with van der Waals surface area (Å²) in [6.45, 7) is 0.737. The van der Waals surface area contributed by atoms with E-state index in [1.165, 1.54) is 0 Å². The number of aliphatic imine (C=N–C) groups is 1. The lowest BCUT2D eigenvalue weighted by Crippen LogP contribution is -2.49. The number of thiol groups is 1. The van der Waals surface area contributed by atoms with Gasteiger partial charge in [-0.2, -0.15) is 0 Å². The average molecular weight is 323 g/mol. The first kappa shape index (κ1) is 15.7. The van der Waals surface area contributed by atoms with Gasteiger partial charge in [0.1, 0.15) is 5.82 Å². The van der Waals surface area contributed by atoms with Gasteiger partial charge in [-0.3, -0.25) is 20.0 Å². The van der Waals surface area contributed by atoms with Crippen molar-refractivity contribution in [1.29, 1.82) is 0 Å². The van der Waals surface area contributed by atoms with Crippen molar-refractivity contribution in [2.75, 3.05) is 13.6 Å². The summed E-state index contributed by atoms with van der Waals surface area (Å²) in [4.78, 5) is 4.48. The zero-order valence-corrected chi connectivity index (χ0v) is 13.7. The molecule has 0 aromatic heterocycles. The predicted octanol–water partition coefficient (Wildman–Crippen LogP) is -0.217. The number of allylic oxidation sites excluding steroid dienone is 1. The van der Waals surface area contributed by atoms with E-state index in [4.69, 9.17) is 5.73 Å². The molecule has 2 heterocycles. The van der Waals surface area contributed by atoms with E-state index in [1.807, 2.05) is 24.3 Å². The molecule has 0 saturated heterocycles. The van der Waals surface area contributed by atoms with E-state index in [2.05, 4.69) is 38.6 Å². The molecule has 3 rings (SSSR count). The molecule has 2 aliphatic heterocycles. The van der Waals surface area contributed by atoms with Gasteiger partial charge in [0.15, 0.2) is 6.29 Å². The van der Waals surface area contributed by atoms with Crippen LogP contribution >= 0.6 is 12.8 Å². The highest BCUT2D eigenvalue weighted by molar-refractivity contribution is 7.78. The average Bonchev–Trinajstić information content (AvgIpc) is 2.88. The fourth-order valence-electron chi connectivity index (χ4n) is 3.13. The molecule has 122 valence electrons. The number of hydrazine groups is 1. The van der Waals surface area contributed by atoms with E-state index >= 15 is 0 Å². The van der Waals surface area contributed by atoms with Crippen molar-refractivity contribution in [1.82, 2.24) is 25.8 Å². The monoisotopic (exact) mass is 323 g/mol. The van der Waals surface area contributed by atoms with Gasteiger partial charge in [0, 0.05) is 43.2 Å². The van der Waals surface area contributed by atoms with Crippen LogP contribution in [0.5, 0.6) is 0 Å². The van der Waals surface area contributed by atoms with Gasteiger partial charge in [0.05, 0.1) is 0 Å². The predicted molar refractivity (Wildman–Crippen MR) is 91.8 cm³/mol. The van der Waals surface area contributed by atoms with Crippen molar-refractivity contribution in [3.05, 3.63) is 23.2 Å². The second kappa shape index (κ2) is 6.91. The highest BCUT2D eigenvalue weighted by Gasteiger charge is 2.25. The van der Waals surface area contributed by atoms with E-state index in [0.717, 1.165) is 49.3 Å². The summed E-state index contributed by atoms with van der Waals surface area (Å²) in [6.07, 6.45) is 8.31. The van der Waals surface area contributed by atoms with Crippen LogP contribution in [0.2, 0.25) is 0 Å². The van der Waals surface area contributed by atoms with Crippen molar-refractivity contribution < 1.29 is 0 Å². The molecule has 0 amide bonds. The second-order valence-corrected chi connectivity index (χ2v) is 6.29. The summed E-state index contributed by atoms with van der Waals surface area (Å²) in [5, 5.41) is 8.86. The van der Waals surface area contributed by atoms with E-state index in [9.17, 15) is 0 Å². The van der Waals surface area contributed by atoms with Crippen molar-refractivity contribution in [3.8, 4) is 0 Å². The fraction of sp³-hybridized carbons (Fsp3) is 0.643. The van der Waals surface area contributed by atoms with Gasteiger partial charge in [-0.05, 0) is 31.8 Å². The van der Waals surface area contributed by atoms with E-state index in [-0.39, 0.29) is 6.29 Å². The fourth-order valence-corrected chi connectivity index (χ4v) is 3.39. The van der Waals surface area contributed by atoms with Crippen LogP contribution in [0.1, 0.15) is 25.7 Å². The molecule has 0 aromatic carbocycles. The number of nitrogens with one attached hydrogen (secondary N) is 4. The van der Waals surface area contributed by atoms with Gasteiger partial charge in [0.2, 0.25) is 0 Å². The number of hydrogen-bond donors (Lipinski definition) is 6. The smallest absolute Gasteiger partial charge is 0.173 e. The summed E-state index contributed by atoms with van der Waals surface area (Å²) in [7, 11) is 1.92. The molecule has 1 saturated carbocycles. The number of nitrogens with zero attached hydrogens (tertiary/aromatic N) is 2. The third-order valence-corrected chi connectivity index (χ3v) is 4.93. The molecule has 0 spiro atoms. The van der Waals surface area contributed by atoms with Crippen LogP contribution in [0.4, 0.5) is 0 Å². The molecule has 1 unspecified atom stereocenters. The van der Waals surface area contributed by atoms with Gasteiger partial charge in [-0.25, -0.2) is 5.43 Å². The number of hydrogen-bond acceptors (Lipinski definition) is 8. The van der Waals surface area contributed by atoms with Crippen LogP contribution in [-0.4, -0.2) is 43.2 Å². The van der Waals surface area contributed by atoms with E-state index in [0.29, 0.717) is 12.1 Å². The molecule has 1 aliphatic carbocycles. The quantitative estimate of drug-likeness (QED) is 0.401. The normalized spacial score (nSPS) is 32.2. The maximum absolute atomic E-state index is 6.10. The van der Waals surface area contributed by atoms with Gasteiger partial charge in [-0.1, -0.05) is 12.8 Å². The van der Waals surface area contributed by atoms with Gasteiger partial charge in [-0.15, -0.1) is 0 Å². The molecule has 1 fully saturated rings. The lowest BCUT2D eigenvalue weighted by Gasteiger charge is -2.32. The van der Waals surface area contributed by atoms with E-state index < -0.39 is 0 Å². The first-order valence-corrected chi connectivity index (χ1v) is 8.24. The third-order valence-electron chi connectivity index (χ3n) is 4.56. The molecular weight excluding hydrogens is 298 g/mol. The Morgan fingerprint density at radius 2 is 2.05 bits per heavy atom. The Morgan fingerprint density at radius 3 is 2.68 bits per heavy atom. The third kappa shape index (κ3) is 3.40. The first-order valence-electron chi connectivity index (χ1n) is 7.79. The molecule has 7 nitrogen and oxygen atoms in total. The maximum atomic E-state index is 6.10. The Bertz CT molecular complexity index is 493. The molecule has 1 atom stereocenters. The number of nitrogens with two attached hydrogens (primary N) is 1. The summed E-state index contributed by atoms with van der Waals surface area (Å²) < 4.78 is 3.06. The molecular formula is C14H25N7S. The Balaban J connectivity index is 1.55. The molecule has 8 heteroatoms. The Morgan fingerprint density at radius 1 is 1.32 bits per heavy atom. The van der Waals surface area contributed by atoms with Crippen LogP contribution < -0.4 is 26.5 Å². The largest absolute Gasteiger partial charge is 0.384 e. The summed E-state index contributed by atoms with van der Waals surface area (Å²) >= 11 is 4.16. The van der Waals surface area contributed by atoms with Crippen molar-refractivity contribution >= 4 is 19.0 Å². The van der Waals surface area contributed by atoms with Crippen LogP contribution in [0.15, 0.2) is 28.2 Å². The lowest BCUT2D eigenvalue weighted by atomic mass is 9.92. The molecule has 0 radical (unpaired) electrons. The Labute approximate surface area is 137 Å². The summed E-state index contributed by atoms with van der Waals surface area (Å²) in [5.41, 5.74) is 11.4. The first-order chi connectivity index (χ1) is 10.7. The van der Waals surface area contributed by atoms with Gasteiger partial charge < -0.3 is 11.1 Å². The minimum absolute atomic E-state index is 0.0864. The van der Waals surface area contributed by atoms with Crippen LogP contribution in [-0.2, 0) is 0 Å². The van der Waals surface area contributed by atoms with Crippen molar-refractivity contribution in [2.45, 2.75) is 44.1 Å². The molecule has 6 N–H and O–H groups in total. The highest BCUT2D eigenvalue weighted by atomic mass is 32.1. The van der Waals surface area contributed by atoms with E-state index in [1.54, 1.807) is 0 Å². The topological polar surface area (TPSA) is 89.7 Å². The minimum atomic E-state index is -0.0864. The van der Waals surface area contributed by atoms with Crippen molar-refractivity contribution in [2.24, 2.45) is 10.7 Å². The van der Waals surface area contributed by atoms with Crippen molar-refractivity contribution in [3.63, 3.8) is 0 Å². The zero-order valence-electron chi connectivity index (χ0n) is 12.8. The standard InChI is InChI=1S/C14H25N7S/c1-21-13(15)11(8-17-21)12-6-7-16-14(19-12)18-9-2-4-10(20-22)5-3-9/h6-7,9-10,14,17-20,22H,2-5,8,15H2,1H3/t9-,10-,14?. The van der Waals surface area contributed by atoms with Crippen LogP contribution in [0, 0.1) is 0 Å². The second-order valence-electron chi connectivity index (χ2n) is 6.03. The SMILES string of the molecule is CN1NCC(C2=CC=NC(N[C@H]3CC[C@H](NS)CC3)N2)=C1N.